The van der Waals surface area contributed by atoms with Crippen molar-refractivity contribution in [2.45, 2.75) is 25.5 Å². The molecule has 1 N–H and O–H groups in total. The van der Waals surface area contributed by atoms with Gasteiger partial charge < -0.3 is 5.11 Å². The molecule has 2 rings (SSSR count). The monoisotopic (exact) mass is 279 g/mol. The first-order valence-corrected chi connectivity index (χ1v) is 6.61. The van der Waals surface area contributed by atoms with Gasteiger partial charge in [-0.15, -0.1) is 0 Å². The Morgan fingerprint density at radius 1 is 1.37 bits per heavy atom. The second-order valence-corrected chi connectivity index (χ2v) is 5.59. The maximum atomic E-state index is 12.1. The van der Waals surface area contributed by atoms with Gasteiger partial charge in [-0.25, -0.2) is 4.90 Å². The van der Waals surface area contributed by atoms with E-state index in [4.69, 9.17) is 5.11 Å². The summed E-state index contributed by atoms with van der Waals surface area (Å²) >= 11 is 0.776. The van der Waals surface area contributed by atoms with Crippen molar-refractivity contribution < 1.29 is 19.5 Å². The molecule has 0 bridgehead atoms. The van der Waals surface area contributed by atoms with E-state index in [1.165, 1.54) is 0 Å². The van der Waals surface area contributed by atoms with Crippen LogP contribution in [0.1, 0.15) is 17.5 Å². The highest BCUT2D eigenvalue weighted by atomic mass is 32.2. The molecular formula is C13H13NO4S. The number of carbonyl (C=O) groups is 3. The van der Waals surface area contributed by atoms with E-state index in [0.29, 0.717) is 5.69 Å². The highest BCUT2D eigenvalue weighted by molar-refractivity contribution is 8.15. The van der Waals surface area contributed by atoms with Gasteiger partial charge in [0.25, 0.3) is 5.24 Å². The van der Waals surface area contributed by atoms with Crippen molar-refractivity contribution in [1.29, 1.82) is 0 Å². The molecule has 0 aromatic heterocycles. The maximum absolute atomic E-state index is 12.1. The molecule has 0 saturated carbocycles. The van der Waals surface area contributed by atoms with E-state index in [-0.39, 0.29) is 6.42 Å². The van der Waals surface area contributed by atoms with Crippen molar-refractivity contribution in [1.82, 2.24) is 0 Å². The van der Waals surface area contributed by atoms with Gasteiger partial charge in [0.05, 0.1) is 12.1 Å². The molecule has 1 saturated heterocycles. The summed E-state index contributed by atoms with van der Waals surface area (Å²) in [5, 5.41) is 7.50. The Morgan fingerprint density at radius 3 is 2.68 bits per heavy atom. The first kappa shape index (κ1) is 13.6. The van der Waals surface area contributed by atoms with Crippen LogP contribution in [-0.4, -0.2) is 27.5 Å². The number of hydrogen-bond acceptors (Lipinski definition) is 4. The van der Waals surface area contributed by atoms with Gasteiger partial charge in [0.15, 0.2) is 0 Å². The predicted octanol–water partition coefficient (Wildman–Crippen LogP) is 2.35. The lowest BCUT2D eigenvalue weighted by atomic mass is 10.1. The molecule has 1 fully saturated rings. The van der Waals surface area contributed by atoms with Crippen LogP contribution in [0.2, 0.25) is 0 Å². The van der Waals surface area contributed by atoms with E-state index in [0.717, 1.165) is 27.8 Å². The van der Waals surface area contributed by atoms with E-state index >= 15 is 0 Å². The molecule has 5 nitrogen and oxygen atoms in total. The molecule has 1 aromatic rings. The molecule has 1 aliphatic rings. The largest absolute Gasteiger partial charge is 0.481 e. The number of benzene rings is 1. The van der Waals surface area contributed by atoms with Crippen molar-refractivity contribution in [3.8, 4) is 0 Å². The lowest BCUT2D eigenvalue weighted by molar-refractivity contribution is -0.138. The van der Waals surface area contributed by atoms with Gasteiger partial charge in [-0.1, -0.05) is 12.1 Å². The summed E-state index contributed by atoms with van der Waals surface area (Å²) in [4.78, 5) is 35.8. The van der Waals surface area contributed by atoms with Crippen LogP contribution in [0.3, 0.4) is 0 Å². The highest BCUT2D eigenvalue weighted by Gasteiger charge is 2.42. The van der Waals surface area contributed by atoms with Gasteiger partial charge >= 0.3 is 5.97 Å². The number of aryl methyl sites for hydroxylation is 2. The molecule has 0 spiro atoms. The van der Waals surface area contributed by atoms with Crippen LogP contribution in [-0.2, 0) is 9.59 Å². The van der Waals surface area contributed by atoms with Gasteiger partial charge in [-0.3, -0.25) is 14.4 Å². The SMILES string of the molecule is Cc1ccc(C)c(N2C(=O)S[C@H](CC(=O)O)C2=O)c1. The minimum atomic E-state index is -1.08. The molecule has 19 heavy (non-hydrogen) atoms. The predicted molar refractivity (Wildman–Crippen MR) is 72.4 cm³/mol. The van der Waals surface area contributed by atoms with Crippen molar-refractivity contribution in [3.63, 3.8) is 0 Å². The van der Waals surface area contributed by atoms with Crippen LogP contribution < -0.4 is 4.90 Å². The third-order valence-corrected chi connectivity index (χ3v) is 3.92. The second kappa shape index (κ2) is 5.05. The topological polar surface area (TPSA) is 74.7 Å². The van der Waals surface area contributed by atoms with Gasteiger partial charge in [-0.2, -0.15) is 0 Å². The van der Waals surface area contributed by atoms with Crippen LogP contribution in [0, 0.1) is 13.8 Å². The van der Waals surface area contributed by atoms with E-state index in [1.807, 2.05) is 26.0 Å². The zero-order valence-electron chi connectivity index (χ0n) is 10.5. The van der Waals surface area contributed by atoms with E-state index in [9.17, 15) is 14.4 Å². The molecule has 0 unspecified atom stereocenters. The summed E-state index contributed by atoms with van der Waals surface area (Å²) < 4.78 is 0. The third-order valence-electron chi connectivity index (χ3n) is 2.89. The normalized spacial score (nSPS) is 19.1. The van der Waals surface area contributed by atoms with Crippen molar-refractivity contribution >= 4 is 34.6 Å². The number of carboxylic acids is 1. The number of aliphatic carboxylic acids is 1. The molecule has 1 aromatic carbocycles. The number of carboxylic acid groups (broad SMARTS) is 1. The third kappa shape index (κ3) is 2.63. The van der Waals surface area contributed by atoms with Gasteiger partial charge in [0.1, 0.15) is 5.25 Å². The Kier molecular flexibility index (Phi) is 3.61. The Labute approximate surface area is 114 Å². The number of amides is 2. The average molecular weight is 279 g/mol. The summed E-state index contributed by atoms with van der Waals surface area (Å²) in [6, 6.07) is 5.49. The zero-order chi connectivity index (χ0) is 14.2. The molecule has 2 amide bonds. The van der Waals surface area contributed by atoms with E-state index in [1.54, 1.807) is 6.07 Å². The van der Waals surface area contributed by atoms with Crippen molar-refractivity contribution in [2.75, 3.05) is 4.90 Å². The fourth-order valence-electron chi connectivity index (χ4n) is 1.92. The highest BCUT2D eigenvalue weighted by Crippen LogP contribution is 2.35. The molecule has 0 radical (unpaired) electrons. The number of imide groups is 1. The molecule has 1 heterocycles. The van der Waals surface area contributed by atoms with Crippen LogP contribution in [0.25, 0.3) is 0 Å². The van der Waals surface area contributed by atoms with Crippen LogP contribution >= 0.6 is 11.8 Å². The molecule has 1 atom stereocenters. The smallest absolute Gasteiger partial charge is 0.305 e. The van der Waals surface area contributed by atoms with E-state index < -0.39 is 22.4 Å². The average Bonchev–Trinajstić information content (AvgIpc) is 2.57. The zero-order valence-corrected chi connectivity index (χ0v) is 11.4. The fourth-order valence-corrected chi connectivity index (χ4v) is 2.89. The summed E-state index contributed by atoms with van der Waals surface area (Å²) in [5.41, 5.74) is 2.28. The Bertz CT molecular complexity index is 570. The fraction of sp³-hybridized carbons (Fsp3) is 0.308. The Morgan fingerprint density at radius 2 is 2.05 bits per heavy atom. The lowest BCUT2D eigenvalue weighted by Crippen LogP contribution is -2.32. The first-order valence-electron chi connectivity index (χ1n) is 5.74. The number of thioether (sulfide) groups is 1. The quantitative estimate of drug-likeness (QED) is 0.919. The summed E-state index contributed by atoms with van der Waals surface area (Å²) in [5.74, 6) is -1.53. The minimum absolute atomic E-state index is 0.337. The minimum Gasteiger partial charge on any atom is -0.481 e. The van der Waals surface area contributed by atoms with Crippen molar-refractivity contribution in [3.05, 3.63) is 29.3 Å². The van der Waals surface area contributed by atoms with Gasteiger partial charge in [0, 0.05) is 0 Å². The van der Waals surface area contributed by atoms with Crippen LogP contribution in [0.5, 0.6) is 0 Å². The Hall–Kier alpha value is -1.82. The van der Waals surface area contributed by atoms with Gasteiger partial charge in [-0.05, 0) is 42.8 Å². The second-order valence-electron chi connectivity index (χ2n) is 4.43. The molecule has 0 aliphatic carbocycles. The molecule has 100 valence electrons. The molecule has 6 heteroatoms. The van der Waals surface area contributed by atoms with Crippen LogP contribution in [0.15, 0.2) is 18.2 Å². The number of anilines is 1. The maximum Gasteiger partial charge on any atom is 0.305 e. The Balaban J connectivity index is 2.35. The van der Waals surface area contributed by atoms with Crippen molar-refractivity contribution in [2.24, 2.45) is 0 Å². The summed E-state index contributed by atoms with van der Waals surface area (Å²) in [6.07, 6.45) is -0.337. The molecular weight excluding hydrogens is 266 g/mol. The summed E-state index contributed by atoms with van der Waals surface area (Å²) in [7, 11) is 0. The van der Waals surface area contributed by atoms with Gasteiger partial charge in [0.2, 0.25) is 5.91 Å². The first-order chi connectivity index (χ1) is 8.90. The number of carbonyl (C=O) groups excluding carboxylic acids is 2. The number of nitrogens with zero attached hydrogens (tertiary/aromatic N) is 1. The van der Waals surface area contributed by atoms with E-state index in [2.05, 4.69) is 0 Å². The standard InChI is InChI=1S/C13H13NO4S/c1-7-3-4-8(2)9(5-7)14-12(17)10(6-11(15)16)19-13(14)18/h3-5,10H,6H2,1-2H3,(H,15,16)/t10-/m1/s1. The number of rotatable bonds is 3. The van der Waals surface area contributed by atoms with Crippen LogP contribution in [0.4, 0.5) is 10.5 Å². The lowest BCUT2D eigenvalue weighted by Gasteiger charge is -2.16. The summed E-state index contributed by atoms with van der Waals surface area (Å²) in [6.45, 7) is 3.68. The number of hydrogen-bond donors (Lipinski definition) is 1. The molecule has 1 aliphatic heterocycles.